The van der Waals surface area contributed by atoms with Crippen molar-refractivity contribution in [3.05, 3.63) is 35.4 Å². The number of rotatable bonds is 15. The minimum absolute atomic E-state index is 0.0702. The molecule has 1 amide bonds. The van der Waals surface area contributed by atoms with Crippen LogP contribution in [0.25, 0.3) is 0 Å². The molecule has 1 aromatic carbocycles. The predicted molar refractivity (Wildman–Crippen MR) is 123 cm³/mol. The summed E-state index contributed by atoms with van der Waals surface area (Å²) < 4.78 is 11.0. The molecule has 0 spiro atoms. The van der Waals surface area contributed by atoms with Crippen LogP contribution in [0.2, 0.25) is 0 Å². The average Bonchev–Trinajstić information content (AvgIpc) is 2.77. The van der Waals surface area contributed by atoms with Crippen LogP contribution in [0, 0.1) is 0 Å². The van der Waals surface area contributed by atoms with E-state index >= 15 is 0 Å². The van der Waals surface area contributed by atoms with E-state index in [1.165, 1.54) is 0 Å². The van der Waals surface area contributed by atoms with Crippen LogP contribution >= 0.6 is 0 Å². The van der Waals surface area contributed by atoms with Crippen molar-refractivity contribution in [2.24, 2.45) is 4.99 Å². The molecule has 0 saturated carbocycles. The van der Waals surface area contributed by atoms with Crippen LogP contribution in [0.15, 0.2) is 29.3 Å². The molecule has 170 valence electrons. The Morgan fingerprint density at radius 3 is 2.20 bits per heavy atom. The number of hydrogen-bond acceptors (Lipinski definition) is 4. The summed E-state index contributed by atoms with van der Waals surface area (Å²) in [6.07, 6.45) is 2.24. The van der Waals surface area contributed by atoms with Gasteiger partial charge in [-0.25, -0.2) is 4.99 Å². The highest BCUT2D eigenvalue weighted by Gasteiger charge is 2.11. The summed E-state index contributed by atoms with van der Waals surface area (Å²) in [5.74, 6) is 0.824. The van der Waals surface area contributed by atoms with Crippen LogP contribution in [0.5, 0.6) is 0 Å². The van der Waals surface area contributed by atoms with E-state index in [0.717, 1.165) is 37.5 Å². The number of amides is 1. The van der Waals surface area contributed by atoms with E-state index in [2.05, 4.69) is 22.5 Å². The summed E-state index contributed by atoms with van der Waals surface area (Å²) >= 11 is 0. The number of nitrogens with one attached hydrogen (secondary N) is 2. The molecule has 0 aliphatic carbocycles. The maximum absolute atomic E-state index is 12.4. The Balaban J connectivity index is 2.40. The van der Waals surface area contributed by atoms with Gasteiger partial charge in [-0.05, 0) is 44.9 Å². The largest absolute Gasteiger partial charge is 0.379 e. The first-order chi connectivity index (χ1) is 14.7. The van der Waals surface area contributed by atoms with Gasteiger partial charge in [0, 0.05) is 38.3 Å². The third-order valence-electron chi connectivity index (χ3n) is 4.57. The summed E-state index contributed by atoms with van der Waals surface area (Å²) in [6.45, 7) is 14.3. The van der Waals surface area contributed by atoms with Crippen LogP contribution in [0.1, 0.15) is 56.5 Å². The number of aliphatic imine (C=N–C) groups is 1. The van der Waals surface area contributed by atoms with Crippen LogP contribution in [-0.2, 0) is 16.0 Å². The Kier molecular flexibility index (Phi) is 14.4. The minimum Gasteiger partial charge on any atom is -0.379 e. The van der Waals surface area contributed by atoms with Crippen molar-refractivity contribution in [2.45, 2.75) is 47.1 Å². The second kappa shape index (κ2) is 16.7. The molecule has 0 atom stereocenters. The van der Waals surface area contributed by atoms with E-state index < -0.39 is 0 Å². The van der Waals surface area contributed by atoms with Gasteiger partial charge in [-0.2, -0.15) is 0 Å². The third-order valence-corrected chi connectivity index (χ3v) is 4.57. The fourth-order valence-corrected chi connectivity index (χ4v) is 2.77. The van der Waals surface area contributed by atoms with E-state index in [9.17, 15) is 4.79 Å². The summed E-state index contributed by atoms with van der Waals surface area (Å²) in [6, 6.07) is 7.68. The summed E-state index contributed by atoms with van der Waals surface area (Å²) in [4.78, 5) is 18.8. The quantitative estimate of drug-likeness (QED) is 0.259. The SMILES string of the molecule is CCCCOCCOCCNC(=NCc1ccc(C(=O)N(CC)CC)cc1)NCC. The molecule has 2 N–H and O–H groups in total. The van der Waals surface area contributed by atoms with Crippen molar-refractivity contribution in [1.29, 1.82) is 0 Å². The molecule has 7 nitrogen and oxygen atoms in total. The average molecular weight is 421 g/mol. The van der Waals surface area contributed by atoms with Gasteiger partial charge in [0.25, 0.3) is 5.91 Å². The minimum atomic E-state index is 0.0702. The molecule has 7 heteroatoms. The maximum Gasteiger partial charge on any atom is 0.253 e. The molecule has 0 aromatic heterocycles. The third kappa shape index (κ3) is 10.6. The highest BCUT2D eigenvalue weighted by molar-refractivity contribution is 5.94. The number of ether oxygens (including phenoxy) is 2. The number of unbranched alkanes of at least 4 members (excludes halogenated alkanes) is 1. The van der Waals surface area contributed by atoms with Crippen molar-refractivity contribution in [3.63, 3.8) is 0 Å². The normalized spacial score (nSPS) is 11.4. The highest BCUT2D eigenvalue weighted by atomic mass is 16.5. The summed E-state index contributed by atoms with van der Waals surface area (Å²) in [5.41, 5.74) is 1.77. The Hall–Kier alpha value is -2.12. The highest BCUT2D eigenvalue weighted by Crippen LogP contribution is 2.09. The lowest BCUT2D eigenvalue weighted by Gasteiger charge is -2.18. The molecule has 1 rings (SSSR count). The number of carbonyl (C=O) groups excluding carboxylic acids is 1. The number of carbonyl (C=O) groups is 1. The molecular weight excluding hydrogens is 380 g/mol. The van der Waals surface area contributed by atoms with Gasteiger partial charge in [-0.1, -0.05) is 25.5 Å². The Morgan fingerprint density at radius 1 is 0.933 bits per heavy atom. The molecule has 0 bridgehead atoms. The van der Waals surface area contributed by atoms with Crippen molar-refractivity contribution < 1.29 is 14.3 Å². The monoisotopic (exact) mass is 420 g/mol. The van der Waals surface area contributed by atoms with Crippen molar-refractivity contribution in [1.82, 2.24) is 15.5 Å². The van der Waals surface area contributed by atoms with E-state index in [-0.39, 0.29) is 5.91 Å². The van der Waals surface area contributed by atoms with Gasteiger partial charge >= 0.3 is 0 Å². The van der Waals surface area contributed by atoms with Gasteiger partial charge in [0.1, 0.15) is 0 Å². The second-order valence-corrected chi connectivity index (χ2v) is 6.87. The van der Waals surface area contributed by atoms with E-state index in [1.807, 2.05) is 49.9 Å². The second-order valence-electron chi connectivity index (χ2n) is 6.87. The smallest absolute Gasteiger partial charge is 0.253 e. The molecule has 0 saturated heterocycles. The number of benzene rings is 1. The maximum atomic E-state index is 12.4. The number of nitrogens with zero attached hydrogens (tertiary/aromatic N) is 2. The van der Waals surface area contributed by atoms with Crippen molar-refractivity contribution in [3.8, 4) is 0 Å². The van der Waals surface area contributed by atoms with Gasteiger partial charge < -0.3 is 25.0 Å². The Bertz CT molecular complexity index is 601. The Morgan fingerprint density at radius 2 is 1.60 bits per heavy atom. The number of hydrogen-bond donors (Lipinski definition) is 2. The zero-order valence-electron chi connectivity index (χ0n) is 19.2. The number of guanidine groups is 1. The van der Waals surface area contributed by atoms with Crippen molar-refractivity contribution in [2.75, 3.05) is 52.6 Å². The molecule has 0 radical (unpaired) electrons. The molecule has 1 aromatic rings. The first-order valence-electron chi connectivity index (χ1n) is 11.2. The van der Waals surface area contributed by atoms with Crippen LogP contribution in [0.4, 0.5) is 0 Å². The van der Waals surface area contributed by atoms with Gasteiger partial charge in [0.15, 0.2) is 5.96 Å². The fraction of sp³-hybridized carbons (Fsp3) is 0.652. The lowest BCUT2D eigenvalue weighted by Crippen LogP contribution is -2.39. The van der Waals surface area contributed by atoms with Crippen LogP contribution in [-0.4, -0.2) is 69.4 Å². The zero-order valence-corrected chi connectivity index (χ0v) is 19.2. The van der Waals surface area contributed by atoms with Gasteiger partial charge in [-0.3, -0.25) is 4.79 Å². The molecule has 30 heavy (non-hydrogen) atoms. The standard InChI is InChI=1S/C23H40N4O3/c1-5-9-15-29-17-18-30-16-14-25-23(24-6-2)26-19-20-10-12-21(13-11-20)22(28)27(7-3)8-4/h10-13H,5-9,14-19H2,1-4H3,(H2,24,25,26). The topological polar surface area (TPSA) is 75.2 Å². The lowest BCUT2D eigenvalue weighted by atomic mass is 10.1. The summed E-state index contributed by atoms with van der Waals surface area (Å²) in [5, 5.41) is 6.51. The Labute approximate surface area is 182 Å². The first-order valence-corrected chi connectivity index (χ1v) is 11.2. The van der Waals surface area contributed by atoms with Crippen LogP contribution in [0.3, 0.4) is 0 Å². The molecule has 0 fully saturated rings. The molecular formula is C23H40N4O3. The van der Waals surface area contributed by atoms with E-state index in [1.54, 1.807) is 0 Å². The molecule has 0 heterocycles. The van der Waals surface area contributed by atoms with Gasteiger partial charge in [0.2, 0.25) is 0 Å². The molecule has 0 unspecified atom stereocenters. The van der Waals surface area contributed by atoms with E-state index in [0.29, 0.717) is 51.6 Å². The van der Waals surface area contributed by atoms with Gasteiger partial charge in [0.05, 0.1) is 26.4 Å². The predicted octanol–water partition coefficient (Wildman–Crippen LogP) is 3.06. The fourth-order valence-electron chi connectivity index (χ4n) is 2.77. The molecule has 0 aliphatic rings. The van der Waals surface area contributed by atoms with E-state index in [4.69, 9.17) is 9.47 Å². The lowest BCUT2D eigenvalue weighted by molar-refractivity contribution is 0.0487. The molecule has 0 aliphatic heterocycles. The summed E-state index contributed by atoms with van der Waals surface area (Å²) in [7, 11) is 0. The van der Waals surface area contributed by atoms with Gasteiger partial charge in [-0.15, -0.1) is 0 Å². The van der Waals surface area contributed by atoms with Crippen LogP contribution < -0.4 is 10.6 Å². The first kappa shape index (κ1) is 25.9. The zero-order chi connectivity index (χ0) is 22.0. The van der Waals surface area contributed by atoms with Crippen molar-refractivity contribution >= 4 is 11.9 Å².